The Hall–Kier alpha value is -4.63. The van der Waals surface area contributed by atoms with Crippen LogP contribution in [0.15, 0.2) is 89.7 Å². The number of nitrogen functional groups attached to an aromatic ring is 1. The minimum atomic E-state index is -1.02. The first-order chi connectivity index (χ1) is 19.9. The molecular weight excluding hydrogens is 540 g/mol. The standard InChI is InChI=1S/C33H33F2N3O4/c1-33(2,3)42-32(41)28(19-22-7-5-4-6-8-22)37-18-17-21-9-12-24(13-10-21)38-29(39)16-15-26(31(38)36)30(40)25-14-11-23(34)20-27(25)35/h4-16,20,28,37H,17-19,36H2,1-3H3/t28-/m0/s1. The topological polar surface area (TPSA) is 103 Å². The van der Waals surface area contributed by atoms with E-state index in [2.05, 4.69) is 5.32 Å². The summed E-state index contributed by atoms with van der Waals surface area (Å²) in [5, 5.41) is 3.31. The number of nitrogens with one attached hydrogen (secondary N) is 1. The van der Waals surface area contributed by atoms with Crippen LogP contribution in [0, 0.1) is 11.6 Å². The summed E-state index contributed by atoms with van der Waals surface area (Å²) in [6, 6.07) is 21.2. The molecule has 218 valence electrons. The molecule has 1 aromatic heterocycles. The quantitative estimate of drug-likeness (QED) is 0.204. The van der Waals surface area contributed by atoms with Crippen molar-refractivity contribution in [1.82, 2.24) is 9.88 Å². The van der Waals surface area contributed by atoms with Crippen molar-refractivity contribution in [2.75, 3.05) is 12.3 Å². The van der Waals surface area contributed by atoms with Gasteiger partial charge in [-0.2, -0.15) is 0 Å². The van der Waals surface area contributed by atoms with Gasteiger partial charge in [-0.05, 0) is 81.6 Å². The molecule has 4 aromatic rings. The number of halogens is 2. The average molecular weight is 574 g/mol. The Kier molecular flexibility index (Phi) is 9.32. The highest BCUT2D eigenvalue weighted by molar-refractivity contribution is 6.11. The second kappa shape index (κ2) is 12.9. The summed E-state index contributed by atoms with van der Waals surface area (Å²) in [6.45, 7) is 5.98. The van der Waals surface area contributed by atoms with E-state index in [0.29, 0.717) is 31.1 Å². The van der Waals surface area contributed by atoms with Crippen LogP contribution in [0.4, 0.5) is 14.6 Å². The predicted octanol–water partition coefficient (Wildman–Crippen LogP) is 5.01. The number of ketones is 1. The molecule has 0 unspecified atom stereocenters. The van der Waals surface area contributed by atoms with E-state index in [-0.39, 0.29) is 22.9 Å². The molecule has 42 heavy (non-hydrogen) atoms. The van der Waals surface area contributed by atoms with Crippen LogP contribution in [-0.2, 0) is 22.4 Å². The smallest absolute Gasteiger partial charge is 0.323 e. The molecule has 0 amide bonds. The second-order valence-corrected chi connectivity index (χ2v) is 10.9. The highest BCUT2D eigenvalue weighted by atomic mass is 19.1. The number of ether oxygens (including phenoxy) is 1. The number of aromatic nitrogens is 1. The van der Waals surface area contributed by atoms with Crippen LogP contribution in [0.25, 0.3) is 5.69 Å². The Bertz CT molecular complexity index is 1630. The number of anilines is 1. The largest absolute Gasteiger partial charge is 0.459 e. The minimum Gasteiger partial charge on any atom is -0.459 e. The average Bonchev–Trinajstić information content (AvgIpc) is 2.93. The highest BCUT2D eigenvalue weighted by Gasteiger charge is 2.25. The van der Waals surface area contributed by atoms with Crippen LogP contribution in [-0.4, -0.2) is 34.5 Å². The maximum Gasteiger partial charge on any atom is 0.323 e. The Morgan fingerprint density at radius 1 is 0.905 bits per heavy atom. The summed E-state index contributed by atoms with van der Waals surface area (Å²) in [7, 11) is 0. The molecule has 3 N–H and O–H groups in total. The monoisotopic (exact) mass is 573 g/mol. The first-order valence-corrected chi connectivity index (χ1v) is 13.5. The fourth-order valence-electron chi connectivity index (χ4n) is 4.49. The summed E-state index contributed by atoms with van der Waals surface area (Å²) >= 11 is 0. The van der Waals surface area contributed by atoms with Gasteiger partial charge < -0.3 is 15.8 Å². The minimum absolute atomic E-state index is 0.0833. The van der Waals surface area contributed by atoms with Crippen LogP contribution in [0.3, 0.4) is 0 Å². The van der Waals surface area contributed by atoms with Crippen molar-refractivity contribution in [3.05, 3.63) is 129 Å². The molecule has 1 atom stereocenters. The van der Waals surface area contributed by atoms with E-state index in [1.807, 2.05) is 63.2 Å². The first-order valence-electron chi connectivity index (χ1n) is 13.5. The third kappa shape index (κ3) is 7.55. The Morgan fingerprint density at radius 2 is 1.57 bits per heavy atom. The molecule has 0 spiro atoms. The molecule has 1 heterocycles. The van der Waals surface area contributed by atoms with Crippen molar-refractivity contribution < 1.29 is 23.1 Å². The number of carbonyl (C=O) groups excluding carboxylic acids is 2. The van der Waals surface area contributed by atoms with Gasteiger partial charge in [-0.25, -0.2) is 8.78 Å². The molecule has 0 bridgehead atoms. The van der Waals surface area contributed by atoms with Crippen LogP contribution in [0.1, 0.15) is 47.8 Å². The van der Waals surface area contributed by atoms with Crippen molar-refractivity contribution in [3.8, 4) is 5.69 Å². The lowest BCUT2D eigenvalue weighted by molar-refractivity contribution is -0.157. The van der Waals surface area contributed by atoms with Gasteiger partial charge >= 0.3 is 5.97 Å². The van der Waals surface area contributed by atoms with Gasteiger partial charge in [-0.3, -0.25) is 19.0 Å². The van der Waals surface area contributed by atoms with E-state index in [4.69, 9.17) is 10.5 Å². The van der Waals surface area contributed by atoms with Gasteiger partial charge in [0.25, 0.3) is 5.56 Å². The molecule has 0 saturated heterocycles. The summed E-state index contributed by atoms with van der Waals surface area (Å²) in [4.78, 5) is 38.5. The molecule has 4 rings (SSSR count). The van der Waals surface area contributed by atoms with Crippen LogP contribution < -0.4 is 16.6 Å². The summed E-state index contributed by atoms with van der Waals surface area (Å²) in [5.41, 5.74) is 7.05. The predicted molar refractivity (Wildman–Crippen MR) is 158 cm³/mol. The van der Waals surface area contributed by atoms with Gasteiger partial charge in [0.15, 0.2) is 5.78 Å². The summed E-state index contributed by atoms with van der Waals surface area (Å²) < 4.78 is 34.3. The molecule has 0 saturated carbocycles. The number of nitrogens with two attached hydrogens (primary N) is 1. The van der Waals surface area contributed by atoms with Gasteiger partial charge in [-0.1, -0.05) is 42.5 Å². The molecule has 3 aromatic carbocycles. The number of benzene rings is 3. The Morgan fingerprint density at radius 3 is 2.21 bits per heavy atom. The molecule has 0 aliphatic heterocycles. The summed E-state index contributed by atoms with van der Waals surface area (Å²) in [6.07, 6.45) is 1.06. The molecule has 7 nitrogen and oxygen atoms in total. The van der Waals surface area contributed by atoms with Crippen LogP contribution in [0.5, 0.6) is 0 Å². The van der Waals surface area contributed by atoms with Gasteiger partial charge in [-0.15, -0.1) is 0 Å². The number of hydrogen-bond donors (Lipinski definition) is 2. The molecule has 9 heteroatoms. The molecule has 0 aliphatic carbocycles. The van der Waals surface area contributed by atoms with E-state index >= 15 is 0 Å². The van der Waals surface area contributed by atoms with E-state index in [1.165, 1.54) is 12.1 Å². The van der Waals surface area contributed by atoms with Crippen molar-refractivity contribution >= 4 is 17.6 Å². The first kappa shape index (κ1) is 30.3. The fourth-order valence-corrected chi connectivity index (χ4v) is 4.49. The number of nitrogens with zero attached hydrogens (tertiary/aromatic N) is 1. The third-order valence-corrected chi connectivity index (χ3v) is 6.52. The van der Waals surface area contributed by atoms with Gasteiger partial charge in [0, 0.05) is 12.1 Å². The molecular formula is C33H33F2N3O4. The molecule has 0 fully saturated rings. The van der Waals surface area contributed by atoms with E-state index in [0.717, 1.165) is 27.8 Å². The molecule has 0 aliphatic rings. The molecule has 0 radical (unpaired) electrons. The van der Waals surface area contributed by atoms with Gasteiger partial charge in [0.1, 0.15) is 29.1 Å². The summed E-state index contributed by atoms with van der Waals surface area (Å²) in [5.74, 6) is -3.09. The van der Waals surface area contributed by atoms with Crippen molar-refractivity contribution in [2.45, 2.75) is 45.3 Å². The lowest BCUT2D eigenvalue weighted by atomic mass is 10.0. The number of pyridine rings is 1. The lowest BCUT2D eigenvalue weighted by Gasteiger charge is -2.25. The zero-order valence-electron chi connectivity index (χ0n) is 23.7. The van der Waals surface area contributed by atoms with Crippen LogP contribution in [0.2, 0.25) is 0 Å². The maximum absolute atomic E-state index is 14.2. The fraction of sp³-hybridized carbons (Fsp3) is 0.242. The number of esters is 1. The van der Waals surface area contributed by atoms with Gasteiger partial charge in [0.2, 0.25) is 0 Å². The highest BCUT2D eigenvalue weighted by Crippen LogP contribution is 2.21. The van der Waals surface area contributed by atoms with E-state index in [9.17, 15) is 23.2 Å². The van der Waals surface area contributed by atoms with Crippen molar-refractivity contribution in [2.24, 2.45) is 0 Å². The van der Waals surface area contributed by atoms with E-state index < -0.39 is 34.6 Å². The van der Waals surface area contributed by atoms with Crippen molar-refractivity contribution in [3.63, 3.8) is 0 Å². The Balaban J connectivity index is 1.48. The second-order valence-electron chi connectivity index (χ2n) is 10.9. The van der Waals surface area contributed by atoms with E-state index in [1.54, 1.807) is 12.1 Å². The van der Waals surface area contributed by atoms with Crippen LogP contribution >= 0.6 is 0 Å². The Labute approximate surface area is 243 Å². The lowest BCUT2D eigenvalue weighted by Crippen LogP contribution is -2.43. The van der Waals surface area contributed by atoms with Crippen molar-refractivity contribution in [1.29, 1.82) is 0 Å². The zero-order valence-corrected chi connectivity index (χ0v) is 23.7. The third-order valence-electron chi connectivity index (χ3n) is 6.52. The normalized spacial score (nSPS) is 12.1. The van der Waals surface area contributed by atoms with Gasteiger partial charge in [0.05, 0.1) is 16.8 Å². The number of hydrogen-bond acceptors (Lipinski definition) is 6. The SMILES string of the molecule is CC(C)(C)OC(=O)[C@H](Cc1ccccc1)NCCc1ccc(-n2c(N)c(C(=O)c3ccc(F)cc3F)ccc2=O)cc1. The number of carbonyl (C=O) groups is 2. The maximum atomic E-state index is 14.2. The number of rotatable bonds is 10. The zero-order chi connectivity index (χ0) is 30.4.